The molecular formula is C18H26N2S. The first kappa shape index (κ1) is 15.0. The Morgan fingerprint density at radius 1 is 1.14 bits per heavy atom. The molecule has 3 rings (SSSR count). The van der Waals surface area contributed by atoms with E-state index in [1.54, 1.807) is 5.56 Å². The number of hydrogen-bond donors (Lipinski definition) is 1. The topological polar surface area (TPSA) is 15.3 Å². The molecule has 1 aliphatic rings. The van der Waals surface area contributed by atoms with E-state index < -0.39 is 0 Å². The SMILES string of the molecule is CCCNCc1sc2ccccc2c1CN1CCCCC1. The van der Waals surface area contributed by atoms with Gasteiger partial charge in [-0.25, -0.2) is 0 Å². The molecule has 0 atom stereocenters. The van der Waals surface area contributed by atoms with Crippen LogP contribution >= 0.6 is 11.3 Å². The number of rotatable bonds is 6. The second-order valence-corrected chi connectivity index (χ2v) is 7.15. The van der Waals surface area contributed by atoms with Gasteiger partial charge in [0.1, 0.15) is 0 Å². The molecule has 0 saturated carbocycles. The first-order chi connectivity index (χ1) is 10.4. The van der Waals surface area contributed by atoms with E-state index in [2.05, 4.69) is 41.4 Å². The minimum absolute atomic E-state index is 1.02. The fourth-order valence-electron chi connectivity index (χ4n) is 3.19. The molecule has 3 heteroatoms. The Morgan fingerprint density at radius 2 is 1.95 bits per heavy atom. The summed E-state index contributed by atoms with van der Waals surface area (Å²) in [6, 6.07) is 8.90. The van der Waals surface area contributed by atoms with Crippen LogP contribution in [0.5, 0.6) is 0 Å². The fourth-order valence-corrected chi connectivity index (χ4v) is 4.37. The normalized spacial score (nSPS) is 16.6. The molecule has 1 aromatic heterocycles. The molecule has 114 valence electrons. The van der Waals surface area contributed by atoms with E-state index in [9.17, 15) is 0 Å². The lowest BCUT2D eigenvalue weighted by Gasteiger charge is -2.26. The number of nitrogens with zero attached hydrogens (tertiary/aromatic N) is 1. The van der Waals surface area contributed by atoms with E-state index in [1.165, 1.54) is 53.7 Å². The summed E-state index contributed by atoms with van der Waals surface area (Å²) in [4.78, 5) is 4.18. The Kier molecular flexibility index (Phi) is 5.28. The number of thiophene rings is 1. The highest BCUT2D eigenvalue weighted by Crippen LogP contribution is 2.32. The third kappa shape index (κ3) is 3.65. The van der Waals surface area contributed by atoms with Gasteiger partial charge in [-0.15, -0.1) is 11.3 Å². The third-order valence-electron chi connectivity index (χ3n) is 4.32. The number of benzene rings is 1. The highest BCUT2D eigenvalue weighted by atomic mass is 32.1. The van der Waals surface area contributed by atoms with E-state index in [1.807, 2.05) is 11.3 Å². The maximum Gasteiger partial charge on any atom is 0.0349 e. The summed E-state index contributed by atoms with van der Waals surface area (Å²) in [5.74, 6) is 0. The van der Waals surface area contributed by atoms with Crippen molar-refractivity contribution in [2.24, 2.45) is 0 Å². The van der Waals surface area contributed by atoms with Gasteiger partial charge in [-0.2, -0.15) is 0 Å². The summed E-state index contributed by atoms with van der Waals surface area (Å²) in [6.07, 6.45) is 5.34. The Balaban J connectivity index is 1.83. The van der Waals surface area contributed by atoms with Crippen LogP contribution < -0.4 is 5.32 Å². The minimum Gasteiger partial charge on any atom is -0.312 e. The molecule has 1 aromatic carbocycles. The molecule has 2 heterocycles. The summed E-state index contributed by atoms with van der Waals surface area (Å²) in [5.41, 5.74) is 1.57. The zero-order chi connectivity index (χ0) is 14.5. The van der Waals surface area contributed by atoms with Crippen molar-refractivity contribution in [3.8, 4) is 0 Å². The van der Waals surface area contributed by atoms with Crippen molar-refractivity contribution in [3.63, 3.8) is 0 Å². The highest BCUT2D eigenvalue weighted by molar-refractivity contribution is 7.19. The van der Waals surface area contributed by atoms with Crippen LogP contribution in [0.25, 0.3) is 10.1 Å². The molecule has 0 unspecified atom stereocenters. The fraction of sp³-hybridized carbons (Fsp3) is 0.556. The number of hydrogen-bond acceptors (Lipinski definition) is 3. The van der Waals surface area contributed by atoms with Crippen molar-refractivity contribution in [3.05, 3.63) is 34.7 Å². The molecule has 1 fully saturated rings. The smallest absolute Gasteiger partial charge is 0.0349 e. The Labute approximate surface area is 132 Å². The van der Waals surface area contributed by atoms with Crippen LogP contribution in [0.3, 0.4) is 0 Å². The molecule has 1 N–H and O–H groups in total. The second kappa shape index (κ2) is 7.39. The van der Waals surface area contributed by atoms with Crippen LogP contribution in [0.4, 0.5) is 0 Å². The molecule has 0 spiro atoms. The largest absolute Gasteiger partial charge is 0.312 e. The maximum atomic E-state index is 3.58. The Morgan fingerprint density at radius 3 is 2.76 bits per heavy atom. The van der Waals surface area contributed by atoms with Crippen LogP contribution in [0, 0.1) is 0 Å². The van der Waals surface area contributed by atoms with Crippen molar-refractivity contribution in [1.82, 2.24) is 10.2 Å². The van der Waals surface area contributed by atoms with E-state index in [4.69, 9.17) is 0 Å². The van der Waals surface area contributed by atoms with Gasteiger partial charge in [0.2, 0.25) is 0 Å². The van der Waals surface area contributed by atoms with Crippen molar-refractivity contribution in [2.45, 2.75) is 45.7 Å². The number of likely N-dealkylation sites (tertiary alicyclic amines) is 1. The summed E-state index contributed by atoms with van der Waals surface area (Å²) in [7, 11) is 0. The molecule has 21 heavy (non-hydrogen) atoms. The molecule has 0 aliphatic carbocycles. The first-order valence-corrected chi connectivity index (χ1v) is 9.12. The van der Waals surface area contributed by atoms with Crippen LogP contribution in [0.1, 0.15) is 43.0 Å². The molecule has 0 bridgehead atoms. The Hall–Kier alpha value is -0.900. The molecule has 2 nitrogen and oxygen atoms in total. The van der Waals surface area contributed by atoms with Crippen molar-refractivity contribution in [1.29, 1.82) is 0 Å². The van der Waals surface area contributed by atoms with E-state index in [0.717, 1.165) is 19.6 Å². The van der Waals surface area contributed by atoms with Gasteiger partial charge in [0, 0.05) is 22.7 Å². The molecular weight excluding hydrogens is 276 g/mol. The minimum atomic E-state index is 1.02. The Bertz CT molecular complexity index is 570. The summed E-state index contributed by atoms with van der Waals surface area (Å²) < 4.78 is 1.44. The first-order valence-electron chi connectivity index (χ1n) is 8.31. The number of piperidine rings is 1. The quantitative estimate of drug-likeness (QED) is 0.796. The highest BCUT2D eigenvalue weighted by Gasteiger charge is 2.16. The monoisotopic (exact) mass is 302 g/mol. The average molecular weight is 302 g/mol. The van der Waals surface area contributed by atoms with Gasteiger partial charge >= 0.3 is 0 Å². The van der Waals surface area contributed by atoms with Gasteiger partial charge < -0.3 is 5.32 Å². The lowest BCUT2D eigenvalue weighted by Crippen LogP contribution is -2.29. The lowest BCUT2D eigenvalue weighted by atomic mass is 10.1. The van der Waals surface area contributed by atoms with Gasteiger partial charge in [-0.1, -0.05) is 31.5 Å². The van der Waals surface area contributed by atoms with Gasteiger partial charge in [-0.3, -0.25) is 4.90 Å². The number of nitrogens with one attached hydrogen (secondary N) is 1. The van der Waals surface area contributed by atoms with Gasteiger partial charge in [0.15, 0.2) is 0 Å². The molecule has 1 aliphatic heterocycles. The molecule has 0 radical (unpaired) electrons. The maximum absolute atomic E-state index is 3.58. The predicted molar refractivity (Wildman–Crippen MR) is 93.0 cm³/mol. The van der Waals surface area contributed by atoms with Crippen molar-refractivity contribution < 1.29 is 0 Å². The average Bonchev–Trinajstić information content (AvgIpc) is 2.87. The third-order valence-corrected chi connectivity index (χ3v) is 5.54. The van der Waals surface area contributed by atoms with Gasteiger partial charge in [0.25, 0.3) is 0 Å². The lowest BCUT2D eigenvalue weighted by molar-refractivity contribution is 0.221. The van der Waals surface area contributed by atoms with Crippen LogP contribution in [0.2, 0.25) is 0 Å². The van der Waals surface area contributed by atoms with Crippen LogP contribution in [0.15, 0.2) is 24.3 Å². The molecule has 1 saturated heterocycles. The second-order valence-electron chi connectivity index (χ2n) is 6.01. The molecule has 0 amide bonds. The van der Waals surface area contributed by atoms with Crippen molar-refractivity contribution >= 4 is 21.4 Å². The predicted octanol–water partition coefficient (Wildman–Crippen LogP) is 4.39. The summed E-state index contributed by atoms with van der Waals surface area (Å²) >= 11 is 1.97. The summed E-state index contributed by atoms with van der Waals surface area (Å²) in [6.45, 7) is 8.03. The van der Waals surface area contributed by atoms with Crippen LogP contribution in [-0.2, 0) is 13.1 Å². The van der Waals surface area contributed by atoms with E-state index in [0.29, 0.717) is 0 Å². The van der Waals surface area contributed by atoms with Gasteiger partial charge in [-0.05, 0) is 55.9 Å². The number of fused-ring (bicyclic) bond motifs is 1. The standard InChI is InChI=1S/C18H26N2S/c1-2-10-19-13-18-16(14-20-11-6-3-7-12-20)15-8-4-5-9-17(15)21-18/h4-5,8-9,19H,2-3,6-7,10-14H2,1H3. The summed E-state index contributed by atoms with van der Waals surface area (Å²) in [5, 5.41) is 5.06. The van der Waals surface area contributed by atoms with Gasteiger partial charge in [0.05, 0.1) is 0 Å². The molecule has 2 aromatic rings. The zero-order valence-corrected chi connectivity index (χ0v) is 13.8. The van der Waals surface area contributed by atoms with E-state index >= 15 is 0 Å². The zero-order valence-electron chi connectivity index (χ0n) is 13.0. The van der Waals surface area contributed by atoms with Crippen molar-refractivity contribution in [2.75, 3.05) is 19.6 Å². The van der Waals surface area contributed by atoms with Crippen LogP contribution in [-0.4, -0.2) is 24.5 Å². The van der Waals surface area contributed by atoms with E-state index in [-0.39, 0.29) is 0 Å².